The number of nitrogens with one attached hydrogen (secondary N) is 1. The Morgan fingerprint density at radius 3 is 2.76 bits per heavy atom. The largest absolute Gasteiger partial charge is 0.462 e. The maximum absolute atomic E-state index is 12.1. The Morgan fingerprint density at radius 2 is 2.08 bits per heavy atom. The second-order valence-corrected chi connectivity index (χ2v) is 6.37. The van der Waals surface area contributed by atoms with E-state index in [1.165, 1.54) is 6.92 Å². The molecule has 0 saturated carbocycles. The van der Waals surface area contributed by atoms with E-state index < -0.39 is 18.8 Å². The Balaban J connectivity index is 2.03. The second-order valence-electron chi connectivity index (χ2n) is 6.37. The summed E-state index contributed by atoms with van der Waals surface area (Å²) in [6.07, 6.45) is 1.91. The van der Waals surface area contributed by atoms with E-state index in [0.717, 1.165) is 11.1 Å². The quantitative estimate of drug-likeness (QED) is 0.573. The first-order valence-corrected chi connectivity index (χ1v) is 8.67. The molecule has 2 rings (SSSR count). The maximum Gasteiger partial charge on any atom is 0.338 e. The van der Waals surface area contributed by atoms with Gasteiger partial charge >= 0.3 is 12.9 Å². The standard InChI is InChI=1S/C18H24BNO5/c1-3-25-18(23)14-8-5-7-13-10-16(19(24)11-15(13)14)20-17(22)9-4-6-12(2)21/h5,7-8,16,24H,3-4,6,9-11H2,1-2H3,(H,20,22). The number of esters is 1. The lowest BCUT2D eigenvalue weighted by Crippen LogP contribution is -2.51. The van der Waals surface area contributed by atoms with Gasteiger partial charge in [0.1, 0.15) is 5.78 Å². The molecular weight excluding hydrogens is 321 g/mol. The summed E-state index contributed by atoms with van der Waals surface area (Å²) in [5.74, 6) is -0.894. The lowest BCUT2D eigenvalue weighted by molar-refractivity contribution is -0.121. The number of Topliss-reactive ketones (excluding diaryl/α,β-unsaturated/α-hetero) is 1. The molecule has 134 valence electrons. The molecule has 1 aromatic rings. The van der Waals surface area contributed by atoms with Gasteiger partial charge in [0.15, 0.2) is 0 Å². The third-order valence-electron chi connectivity index (χ3n) is 4.36. The van der Waals surface area contributed by atoms with Crippen molar-refractivity contribution in [3.8, 4) is 0 Å². The molecule has 1 aliphatic rings. The fourth-order valence-corrected chi connectivity index (χ4v) is 3.12. The molecule has 0 aromatic heterocycles. The number of carbonyl (C=O) groups is 3. The molecule has 0 bridgehead atoms. The normalized spacial score (nSPS) is 16.1. The number of ketones is 1. The summed E-state index contributed by atoms with van der Waals surface area (Å²) in [6, 6.07) is 5.39. The van der Waals surface area contributed by atoms with Gasteiger partial charge in [-0.1, -0.05) is 12.1 Å². The third-order valence-corrected chi connectivity index (χ3v) is 4.36. The van der Waals surface area contributed by atoms with Gasteiger partial charge in [0.05, 0.1) is 12.2 Å². The summed E-state index contributed by atoms with van der Waals surface area (Å²) in [6.45, 7) is 2.78. The average molecular weight is 345 g/mol. The molecular formula is C18H24BNO5. The van der Waals surface area contributed by atoms with Crippen molar-refractivity contribution >= 4 is 24.6 Å². The van der Waals surface area contributed by atoms with E-state index in [4.69, 9.17) is 4.74 Å². The van der Waals surface area contributed by atoms with Crippen molar-refractivity contribution in [1.29, 1.82) is 0 Å². The molecule has 25 heavy (non-hydrogen) atoms. The van der Waals surface area contributed by atoms with Gasteiger partial charge in [-0.2, -0.15) is 0 Å². The van der Waals surface area contributed by atoms with Crippen LogP contribution in [0.3, 0.4) is 0 Å². The number of hydrogen-bond donors (Lipinski definition) is 2. The molecule has 1 aromatic carbocycles. The highest BCUT2D eigenvalue weighted by Crippen LogP contribution is 2.24. The van der Waals surface area contributed by atoms with Gasteiger partial charge in [-0.25, -0.2) is 4.79 Å². The first-order chi connectivity index (χ1) is 11.9. The van der Waals surface area contributed by atoms with Gasteiger partial charge < -0.3 is 19.9 Å². The minimum absolute atomic E-state index is 0.0610. The number of carbonyl (C=O) groups excluding carboxylic acids is 3. The highest BCUT2D eigenvalue weighted by atomic mass is 16.5. The fraction of sp³-hybridized carbons (Fsp3) is 0.500. The Kier molecular flexibility index (Phi) is 6.76. The molecule has 0 spiro atoms. The molecule has 1 aliphatic heterocycles. The number of amides is 1. The summed E-state index contributed by atoms with van der Waals surface area (Å²) >= 11 is 0. The zero-order valence-corrected chi connectivity index (χ0v) is 14.7. The van der Waals surface area contributed by atoms with Crippen LogP contribution in [0.25, 0.3) is 0 Å². The summed E-state index contributed by atoms with van der Waals surface area (Å²) in [5, 5.41) is 13.2. The number of hydrogen-bond acceptors (Lipinski definition) is 5. The third kappa shape index (κ3) is 5.16. The van der Waals surface area contributed by atoms with E-state index in [1.807, 2.05) is 6.07 Å². The highest BCUT2D eigenvalue weighted by molar-refractivity contribution is 6.52. The Bertz CT molecular complexity index is 661. The van der Waals surface area contributed by atoms with Crippen LogP contribution in [0.15, 0.2) is 18.2 Å². The molecule has 1 heterocycles. The van der Waals surface area contributed by atoms with Crippen molar-refractivity contribution in [2.75, 3.05) is 6.61 Å². The minimum Gasteiger partial charge on any atom is -0.462 e. The van der Waals surface area contributed by atoms with Crippen molar-refractivity contribution in [3.63, 3.8) is 0 Å². The predicted molar refractivity (Wildman–Crippen MR) is 94.2 cm³/mol. The van der Waals surface area contributed by atoms with Crippen molar-refractivity contribution in [1.82, 2.24) is 5.32 Å². The van der Waals surface area contributed by atoms with Gasteiger partial charge in [-0.15, -0.1) is 0 Å². The van der Waals surface area contributed by atoms with Crippen LogP contribution in [-0.4, -0.2) is 42.1 Å². The van der Waals surface area contributed by atoms with E-state index >= 15 is 0 Å². The maximum atomic E-state index is 12.1. The molecule has 0 saturated heterocycles. The van der Waals surface area contributed by atoms with Crippen LogP contribution >= 0.6 is 0 Å². The Morgan fingerprint density at radius 1 is 1.32 bits per heavy atom. The number of fused-ring (bicyclic) bond motifs is 1. The van der Waals surface area contributed by atoms with Crippen LogP contribution in [0.4, 0.5) is 0 Å². The Labute approximate surface area is 148 Å². The van der Waals surface area contributed by atoms with Crippen LogP contribution in [0, 0.1) is 0 Å². The van der Waals surface area contributed by atoms with Crippen molar-refractivity contribution in [2.45, 2.75) is 51.8 Å². The van der Waals surface area contributed by atoms with Crippen LogP contribution < -0.4 is 5.32 Å². The van der Waals surface area contributed by atoms with Crippen LogP contribution in [0.5, 0.6) is 0 Å². The molecule has 0 aliphatic carbocycles. The first-order valence-electron chi connectivity index (χ1n) is 8.67. The zero-order chi connectivity index (χ0) is 18.4. The fourth-order valence-electron chi connectivity index (χ4n) is 3.12. The Hall–Kier alpha value is -2.15. The average Bonchev–Trinajstić information content (AvgIpc) is 2.55. The van der Waals surface area contributed by atoms with E-state index in [0.29, 0.717) is 37.8 Å². The number of rotatable bonds is 7. The highest BCUT2D eigenvalue weighted by Gasteiger charge is 2.34. The first kappa shape index (κ1) is 19.2. The monoisotopic (exact) mass is 345 g/mol. The summed E-state index contributed by atoms with van der Waals surface area (Å²) in [7, 11) is 0. The number of ether oxygens (including phenoxy) is 1. The molecule has 6 nitrogen and oxygen atoms in total. The minimum atomic E-state index is -0.764. The summed E-state index contributed by atoms with van der Waals surface area (Å²) in [5.41, 5.74) is 2.20. The van der Waals surface area contributed by atoms with E-state index in [-0.39, 0.29) is 18.1 Å². The molecule has 1 atom stereocenters. The molecule has 7 heteroatoms. The molecule has 0 radical (unpaired) electrons. The van der Waals surface area contributed by atoms with Gasteiger partial charge in [0, 0.05) is 18.8 Å². The molecule has 1 unspecified atom stereocenters. The van der Waals surface area contributed by atoms with Crippen molar-refractivity contribution < 1.29 is 24.1 Å². The molecule has 1 amide bonds. The van der Waals surface area contributed by atoms with E-state index in [9.17, 15) is 19.4 Å². The van der Waals surface area contributed by atoms with E-state index in [1.54, 1.807) is 19.1 Å². The van der Waals surface area contributed by atoms with Crippen LogP contribution in [0.1, 0.15) is 54.6 Å². The van der Waals surface area contributed by atoms with Gasteiger partial charge in [0.2, 0.25) is 5.91 Å². The van der Waals surface area contributed by atoms with Crippen molar-refractivity contribution in [3.05, 3.63) is 34.9 Å². The smallest absolute Gasteiger partial charge is 0.338 e. The molecule has 2 N–H and O–H groups in total. The lowest BCUT2D eigenvalue weighted by Gasteiger charge is -2.29. The van der Waals surface area contributed by atoms with E-state index in [2.05, 4.69) is 5.32 Å². The van der Waals surface area contributed by atoms with Gasteiger partial charge in [0.25, 0.3) is 0 Å². The van der Waals surface area contributed by atoms with Crippen molar-refractivity contribution in [2.24, 2.45) is 0 Å². The SMILES string of the molecule is CCOC(=O)c1cccc2c1CB(O)C(NC(=O)CCCC(C)=O)C2. The van der Waals surface area contributed by atoms with Gasteiger partial charge in [-0.3, -0.25) is 4.79 Å². The second kappa shape index (κ2) is 8.81. The van der Waals surface area contributed by atoms with Crippen LogP contribution in [0.2, 0.25) is 0 Å². The zero-order valence-electron chi connectivity index (χ0n) is 14.7. The van der Waals surface area contributed by atoms with Crippen LogP contribution in [-0.2, 0) is 27.1 Å². The topological polar surface area (TPSA) is 92.7 Å². The molecule has 0 fully saturated rings. The summed E-state index contributed by atoms with van der Waals surface area (Å²) in [4.78, 5) is 35.0. The summed E-state index contributed by atoms with van der Waals surface area (Å²) < 4.78 is 5.07. The number of benzene rings is 1. The lowest BCUT2D eigenvalue weighted by atomic mass is 9.50. The van der Waals surface area contributed by atoms with Gasteiger partial charge in [-0.05, 0) is 50.2 Å². The predicted octanol–water partition coefficient (Wildman–Crippen LogP) is 1.27.